The molecule has 0 aliphatic carbocycles. The van der Waals surface area contributed by atoms with E-state index in [1.807, 2.05) is 0 Å². The van der Waals surface area contributed by atoms with Gasteiger partial charge >= 0.3 is 6.18 Å². The van der Waals surface area contributed by atoms with Gasteiger partial charge in [-0.2, -0.15) is 13.2 Å². The van der Waals surface area contributed by atoms with E-state index in [1.54, 1.807) is 0 Å². The Balaban J connectivity index is 2.32. The summed E-state index contributed by atoms with van der Waals surface area (Å²) < 4.78 is 65.1. The molecular formula is C15H11F5O. The van der Waals surface area contributed by atoms with Gasteiger partial charge in [-0.3, -0.25) is 0 Å². The van der Waals surface area contributed by atoms with Crippen LogP contribution in [0.5, 0.6) is 0 Å². The van der Waals surface area contributed by atoms with Crippen LogP contribution in [-0.4, -0.2) is 5.11 Å². The number of halogens is 5. The van der Waals surface area contributed by atoms with Crippen molar-refractivity contribution in [1.29, 1.82) is 0 Å². The van der Waals surface area contributed by atoms with Crippen LogP contribution in [0.2, 0.25) is 0 Å². The normalized spacial score (nSPS) is 13.2. The summed E-state index contributed by atoms with van der Waals surface area (Å²) in [6.45, 7) is 0. The third-order valence-electron chi connectivity index (χ3n) is 3.06. The number of aliphatic hydroxyl groups excluding tert-OH is 1. The second-order valence-corrected chi connectivity index (χ2v) is 4.52. The van der Waals surface area contributed by atoms with Crippen LogP contribution < -0.4 is 0 Å². The van der Waals surface area contributed by atoms with Gasteiger partial charge in [0.25, 0.3) is 0 Å². The average Bonchev–Trinajstić information content (AvgIpc) is 2.40. The largest absolute Gasteiger partial charge is 0.419 e. The fraction of sp³-hybridized carbons (Fsp3) is 0.200. The Morgan fingerprint density at radius 1 is 0.952 bits per heavy atom. The topological polar surface area (TPSA) is 20.2 Å². The van der Waals surface area contributed by atoms with Crippen LogP contribution in [0.15, 0.2) is 42.5 Å². The van der Waals surface area contributed by atoms with Crippen molar-refractivity contribution < 1.29 is 27.1 Å². The highest BCUT2D eigenvalue weighted by Crippen LogP contribution is 2.34. The summed E-state index contributed by atoms with van der Waals surface area (Å²) in [4.78, 5) is 0. The Morgan fingerprint density at radius 2 is 1.62 bits per heavy atom. The molecule has 1 unspecified atom stereocenters. The van der Waals surface area contributed by atoms with Gasteiger partial charge in [0.05, 0.1) is 11.7 Å². The summed E-state index contributed by atoms with van der Waals surface area (Å²) in [6.07, 6.45) is -6.73. The lowest BCUT2D eigenvalue weighted by Crippen LogP contribution is -2.13. The van der Waals surface area contributed by atoms with Crippen molar-refractivity contribution >= 4 is 0 Å². The molecule has 0 amide bonds. The van der Waals surface area contributed by atoms with E-state index in [4.69, 9.17) is 0 Å². The molecule has 2 aromatic carbocycles. The molecular weight excluding hydrogens is 291 g/mol. The lowest BCUT2D eigenvalue weighted by molar-refractivity contribution is -0.140. The zero-order chi connectivity index (χ0) is 15.6. The molecule has 1 nitrogen and oxygen atoms in total. The number of aliphatic hydroxyl groups is 1. The molecule has 21 heavy (non-hydrogen) atoms. The Hall–Kier alpha value is -1.95. The second kappa shape index (κ2) is 5.81. The van der Waals surface area contributed by atoms with Crippen LogP contribution in [0.25, 0.3) is 0 Å². The molecule has 112 valence electrons. The predicted molar refractivity (Wildman–Crippen MR) is 66.5 cm³/mol. The van der Waals surface area contributed by atoms with Gasteiger partial charge in [-0.25, -0.2) is 8.78 Å². The van der Waals surface area contributed by atoms with Gasteiger partial charge in [0.15, 0.2) is 0 Å². The standard InChI is InChI=1S/C15H11F5O/c16-12-7-2-1-4-9(12)8-13(21)10-5-3-6-11(14(10)17)15(18,19)20/h1-7,13,21H,8H2. The van der Waals surface area contributed by atoms with Gasteiger partial charge in [0, 0.05) is 12.0 Å². The van der Waals surface area contributed by atoms with Gasteiger partial charge in [-0.05, 0) is 17.7 Å². The van der Waals surface area contributed by atoms with Crippen molar-refractivity contribution in [3.05, 3.63) is 70.8 Å². The maximum absolute atomic E-state index is 13.8. The summed E-state index contributed by atoms with van der Waals surface area (Å²) >= 11 is 0. The molecule has 1 atom stereocenters. The zero-order valence-corrected chi connectivity index (χ0v) is 10.7. The quantitative estimate of drug-likeness (QED) is 0.840. The zero-order valence-electron chi connectivity index (χ0n) is 10.7. The third-order valence-corrected chi connectivity index (χ3v) is 3.06. The first-order valence-corrected chi connectivity index (χ1v) is 6.07. The predicted octanol–water partition coefficient (Wildman–Crippen LogP) is 4.26. The van der Waals surface area contributed by atoms with Crippen LogP contribution in [0.1, 0.15) is 22.8 Å². The molecule has 0 saturated heterocycles. The van der Waals surface area contributed by atoms with Crippen LogP contribution in [-0.2, 0) is 12.6 Å². The molecule has 0 aliphatic heterocycles. The van der Waals surface area contributed by atoms with Crippen LogP contribution in [0.4, 0.5) is 22.0 Å². The highest BCUT2D eigenvalue weighted by atomic mass is 19.4. The molecule has 0 heterocycles. The fourth-order valence-corrected chi connectivity index (χ4v) is 2.01. The molecule has 1 N–H and O–H groups in total. The maximum atomic E-state index is 13.8. The monoisotopic (exact) mass is 302 g/mol. The van der Waals surface area contributed by atoms with Crippen LogP contribution in [0, 0.1) is 11.6 Å². The molecule has 0 radical (unpaired) electrons. The van der Waals surface area contributed by atoms with Crippen LogP contribution in [0.3, 0.4) is 0 Å². The van der Waals surface area contributed by atoms with Crippen molar-refractivity contribution in [2.24, 2.45) is 0 Å². The number of alkyl halides is 3. The molecule has 6 heteroatoms. The Bertz CT molecular complexity index is 636. The van der Waals surface area contributed by atoms with Crippen molar-refractivity contribution in [3.8, 4) is 0 Å². The van der Waals surface area contributed by atoms with E-state index in [2.05, 4.69) is 0 Å². The molecule has 0 spiro atoms. The first-order chi connectivity index (χ1) is 9.80. The second-order valence-electron chi connectivity index (χ2n) is 4.52. The number of hydrogen-bond donors (Lipinski definition) is 1. The first kappa shape index (κ1) is 15.4. The van der Waals surface area contributed by atoms with Gasteiger partial charge in [-0.15, -0.1) is 0 Å². The summed E-state index contributed by atoms with van der Waals surface area (Å²) in [5, 5.41) is 9.90. The van der Waals surface area contributed by atoms with Crippen LogP contribution >= 0.6 is 0 Å². The lowest BCUT2D eigenvalue weighted by atomic mass is 9.98. The van der Waals surface area contributed by atoms with Crippen molar-refractivity contribution in [3.63, 3.8) is 0 Å². The third kappa shape index (κ3) is 3.39. The molecule has 0 aromatic heterocycles. The van der Waals surface area contributed by atoms with Gasteiger partial charge < -0.3 is 5.11 Å². The van der Waals surface area contributed by atoms with Crippen molar-refractivity contribution in [1.82, 2.24) is 0 Å². The summed E-state index contributed by atoms with van der Waals surface area (Å²) in [7, 11) is 0. The van der Waals surface area contributed by atoms with Crippen molar-refractivity contribution in [2.45, 2.75) is 18.7 Å². The Labute approximate surface area is 117 Å². The molecule has 0 fully saturated rings. The Morgan fingerprint density at radius 3 is 2.24 bits per heavy atom. The Kier molecular flexibility index (Phi) is 4.27. The van der Waals surface area contributed by atoms with Crippen molar-refractivity contribution in [2.75, 3.05) is 0 Å². The first-order valence-electron chi connectivity index (χ1n) is 6.07. The summed E-state index contributed by atoms with van der Waals surface area (Å²) in [5.41, 5.74) is -1.86. The highest BCUT2D eigenvalue weighted by Gasteiger charge is 2.35. The average molecular weight is 302 g/mol. The molecule has 2 aromatic rings. The number of rotatable bonds is 3. The van der Waals surface area contributed by atoms with E-state index in [-0.39, 0.29) is 12.0 Å². The van der Waals surface area contributed by atoms with E-state index in [9.17, 15) is 27.1 Å². The molecule has 0 bridgehead atoms. The molecule has 2 rings (SSSR count). The molecule has 0 saturated carbocycles. The van der Waals surface area contributed by atoms with Gasteiger partial charge in [0.1, 0.15) is 11.6 Å². The number of benzene rings is 2. The lowest BCUT2D eigenvalue weighted by Gasteiger charge is -2.16. The minimum atomic E-state index is -4.85. The van der Waals surface area contributed by atoms with E-state index in [0.29, 0.717) is 6.07 Å². The maximum Gasteiger partial charge on any atom is 0.419 e. The van der Waals surface area contributed by atoms with E-state index < -0.39 is 35.0 Å². The highest BCUT2D eigenvalue weighted by molar-refractivity contribution is 5.31. The summed E-state index contributed by atoms with van der Waals surface area (Å²) in [6, 6.07) is 8.15. The van der Waals surface area contributed by atoms with E-state index >= 15 is 0 Å². The SMILES string of the molecule is OC(Cc1ccccc1F)c1cccc(C(F)(F)F)c1F. The number of hydrogen-bond acceptors (Lipinski definition) is 1. The fourth-order valence-electron chi connectivity index (χ4n) is 2.01. The van der Waals surface area contributed by atoms with Gasteiger partial charge in [-0.1, -0.05) is 30.3 Å². The smallest absolute Gasteiger partial charge is 0.388 e. The minimum Gasteiger partial charge on any atom is -0.388 e. The summed E-state index contributed by atoms with van der Waals surface area (Å²) in [5.74, 6) is -2.14. The van der Waals surface area contributed by atoms with Gasteiger partial charge in [0.2, 0.25) is 0 Å². The van der Waals surface area contributed by atoms with E-state index in [1.165, 1.54) is 18.2 Å². The molecule has 0 aliphatic rings. The minimum absolute atomic E-state index is 0.0989. The van der Waals surface area contributed by atoms with E-state index in [0.717, 1.165) is 18.2 Å².